The average molecular weight is 389 g/mol. The van der Waals surface area contributed by atoms with Crippen LogP contribution >= 0.6 is 11.6 Å². The standard InChI is InChI=1S/C17H17ClN6O3/c1-12(8-22-10-14(7-19-22)24(26)27)17(25)20-16-15(18)11-23(21-16)9-13-5-3-2-4-6-13/h2-7,10-12H,8-9H2,1H3,(H,20,21,25). The van der Waals surface area contributed by atoms with Crippen LogP contribution in [-0.2, 0) is 17.9 Å². The highest BCUT2D eigenvalue weighted by atomic mass is 35.5. The number of nitro groups is 1. The fourth-order valence-electron chi connectivity index (χ4n) is 2.48. The molecule has 9 nitrogen and oxygen atoms in total. The van der Waals surface area contributed by atoms with Crippen LogP contribution < -0.4 is 5.32 Å². The third-order valence-corrected chi connectivity index (χ3v) is 4.16. The molecular formula is C17H17ClN6O3. The molecule has 0 radical (unpaired) electrons. The smallest absolute Gasteiger partial charge is 0.306 e. The average Bonchev–Trinajstić information content (AvgIpc) is 3.23. The highest BCUT2D eigenvalue weighted by Crippen LogP contribution is 2.21. The molecule has 0 aliphatic heterocycles. The second kappa shape index (κ2) is 8.00. The van der Waals surface area contributed by atoms with Crippen LogP contribution in [0, 0.1) is 16.0 Å². The van der Waals surface area contributed by atoms with Crippen LogP contribution in [0.25, 0.3) is 0 Å². The van der Waals surface area contributed by atoms with E-state index < -0.39 is 10.8 Å². The lowest BCUT2D eigenvalue weighted by Crippen LogP contribution is -2.25. The van der Waals surface area contributed by atoms with E-state index >= 15 is 0 Å². The largest absolute Gasteiger partial charge is 0.308 e. The van der Waals surface area contributed by atoms with Gasteiger partial charge >= 0.3 is 5.69 Å². The van der Waals surface area contributed by atoms with Crippen molar-refractivity contribution in [1.82, 2.24) is 19.6 Å². The quantitative estimate of drug-likeness (QED) is 0.494. The minimum Gasteiger partial charge on any atom is -0.308 e. The van der Waals surface area contributed by atoms with Gasteiger partial charge in [0.05, 0.1) is 23.9 Å². The summed E-state index contributed by atoms with van der Waals surface area (Å²) in [6, 6.07) is 9.74. The van der Waals surface area contributed by atoms with Crippen molar-refractivity contribution in [3.63, 3.8) is 0 Å². The van der Waals surface area contributed by atoms with Crippen molar-refractivity contribution < 1.29 is 9.72 Å². The molecule has 1 unspecified atom stereocenters. The number of nitrogens with one attached hydrogen (secondary N) is 1. The number of hydrogen-bond donors (Lipinski definition) is 1. The lowest BCUT2D eigenvalue weighted by molar-refractivity contribution is -0.385. The normalized spacial score (nSPS) is 11.9. The van der Waals surface area contributed by atoms with Crippen molar-refractivity contribution in [2.24, 2.45) is 5.92 Å². The molecule has 27 heavy (non-hydrogen) atoms. The second-order valence-corrected chi connectivity index (χ2v) is 6.48. The van der Waals surface area contributed by atoms with E-state index in [1.807, 2.05) is 30.3 Å². The summed E-state index contributed by atoms with van der Waals surface area (Å²) in [5.41, 5.74) is 0.938. The molecule has 1 aromatic carbocycles. The second-order valence-electron chi connectivity index (χ2n) is 6.08. The number of anilines is 1. The van der Waals surface area contributed by atoms with E-state index in [4.69, 9.17) is 11.6 Å². The van der Waals surface area contributed by atoms with E-state index in [0.717, 1.165) is 11.8 Å². The summed E-state index contributed by atoms with van der Waals surface area (Å²) in [5, 5.41) is 21.9. The molecule has 3 aromatic rings. The molecule has 2 aromatic heterocycles. The molecule has 1 atom stereocenters. The molecule has 0 aliphatic rings. The van der Waals surface area contributed by atoms with Crippen LogP contribution in [0.1, 0.15) is 12.5 Å². The Kier molecular flexibility index (Phi) is 5.51. The van der Waals surface area contributed by atoms with Crippen molar-refractivity contribution in [3.05, 3.63) is 69.6 Å². The van der Waals surface area contributed by atoms with Crippen molar-refractivity contribution >= 4 is 29.0 Å². The lowest BCUT2D eigenvalue weighted by Gasteiger charge is -2.10. The first-order valence-electron chi connectivity index (χ1n) is 8.17. The van der Waals surface area contributed by atoms with Crippen LogP contribution in [0.5, 0.6) is 0 Å². The minimum atomic E-state index is -0.534. The van der Waals surface area contributed by atoms with Crippen molar-refractivity contribution in [3.8, 4) is 0 Å². The van der Waals surface area contributed by atoms with E-state index in [9.17, 15) is 14.9 Å². The number of hydrogen-bond acceptors (Lipinski definition) is 5. The molecule has 1 amide bonds. The Bertz CT molecular complexity index is 953. The van der Waals surface area contributed by atoms with Gasteiger partial charge in [-0.05, 0) is 5.56 Å². The van der Waals surface area contributed by atoms with Crippen LogP contribution in [0.4, 0.5) is 11.5 Å². The van der Waals surface area contributed by atoms with E-state index in [1.54, 1.807) is 17.8 Å². The lowest BCUT2D eigenvalue weighted by atomic mass is 10.1. The summed E-state index contributed by atoms with van der Waals surface area (Å²) in [6.07, 6.45) is 4.07. The van der Waals surface area contributed by atoms with Gasteiger partial charge in [0.1, 0.15) is 17.4 Å². The van der Waals surface area contributed by atoms with Crippen molar-refractivity contribution in [1.29, 1.82) is 0 Å². The molecular weight excluding hydrogens is 372 g/mol. The Morgan fingerprint density at radius 3 is 2.70 bits per heavy atom. The summed E-state index contributed by atoms with van der Waals surface area (Å²) in [4.78, 5) is 22.5. The maximum atomic E-state index is 12.4. The Morgan fingerprint density at radius 1 is 1.30 bits per heavy atom. The van der Waals surface area contributed by atoms with Gasteiger partial charge in [-0.1, -0.05) is 48.9 Å². The summed E-state index contributed by atoms with van der Waals surface area (Å²) in [6.45, 7) is 2.42. The van der Waals surface area contributed by atoms with Gasteiger partial charge in [0.15, 0.2) is 5.82 Å². The molecule has 0 fully saturated rings. The molecule has 0 aliphatic carbocycles. The number of aromatic nitrogens is 4. The van der Waals surface area contributed by atoms with Crippen molar-refractivity contribution in [2.75, 3.05) is 5.32 Å². The minimum absolute atomic E-state index is 0.120. The number of nitrogens with zero attached hydrogens (tertiary/aromatic N) is 5. The molecule has 0 saturated heterocycles. The fourth-order valence-corrected chi connectivity index (χ4v) is 2.68. The molecule has 10 heteroatoms. The van der Waals surface area contributed by atoms with E-state index in [2.05, 4.69) is 15.5 Å². The SMILES string of the molecule is CC(Cn1cc([N+](=O)[O-])cn1)C(=O)Nc1nn(Cc2ccccc2)cc1Cl. The third-order valence-electron chi connectivity index (χ3n) is 3.88. The van der Waals surface area contributed by atoms with Gasteiger partial charge in [-0.15, -0.1) is 0 Å². The van der Waals surface area contributed by atoms with E-state index in [1.165, 1.54) is 10.9 Å². The molecule has 0 saturated carbocycles. The number of carbonyl (C=O) groups is 1. The Morgan fingerprint density at radius 2 is 2.04 bits per heavy atom. The van der Waals surface area contributed by atoms with Crippen LogP contribution in [0.3, 0.4) is 0 Å². The Labute approximate surface area is 159 Å². The monoisotopic (exact) mass is 388 g/mol. The van der Waals surface area contributed by atoms with Crippen LogP contribution in [0.2, 0.25) is 5.02 Å². The topological polar surface area (TPSA) is 108 Å². The first-order chi connectivity index (χ1) is 12.9. The highest BCUT2D eigenvalue weighted by molar-refractivity contribution is 6.33. The molecule has 0 bridgehead atoms. The summed E-state index contributed by atoms with van der Waals surface area (Å²) >= 11 is 6.17. The number of amides is 1. The van der Waals surface area contributed by atoms with Gasteiger partial charge in [-0.3, -0.25) is 24.3 Å². The first kappa shape index (κ1) is 18.6. The third kappa shape index (κ3) is 4.70. The van der Waals surface area contributed by atoms with Gasteiger partial charge in [0.25, 0.3) is 0 Å². The van der Waals surface area contributed by atoms with Crippen LogP contribution in [-0.4, -0.2) is 30.4 Å². The predicted molar refractivity (Wildman–Crippen MR) is 99.5 cm³/mol. The van der Waals surface area contributed by atoms with E-state index in [-0.39, 0.29) is 24.0 Å². The summed E-state index contributed by atoms with van der Waals surface area (Å²) in [7, 11) is 0. The summed E-state index contributed by atoms with van der Waals surface area (Å²) in [5.74, 6) is -0.518. The number of rotatable bonds is 7. The number of benzene rings is 1. The van der Waals surface area contributed by atoms with Gasteiger partial charge in [-0.2, -0.15) is 10.2 Å². The maximum absolute atomic E-state index is 12.4. The van der Waals surface area contributed by atoms with Gasteiger partial charge in [-0.25, -0.2) is 0 Å². The molecule has 140 valence electrons. The first-order valence-corrected chi connectivity index (χ1v) is 8.55. The number of carbonyl (C=O) groups excluding carboxylic acids is 1. The zero-order valence-corrected chi connectivity index (χ0v) is 15.2. The predicted octanol–water partition coefficient (Wildman–Crippen LogP) is 2.96. The molecule has 2 heterocycles. The molecule has 3 rings (SSSR count). The Hall–Kier alpha value is -3.20. The summed E-state index contributed by atoms with van der Waals surface area (Å²) < 4.78 is 3.01. The zero-order valence-electron chi connectivity index (χ0n) is 14.4. The molecule has 0 spiro atoms. The maximum Gasteiger partial charge on any atom is 0.306 e. The van der Waals surface area contributed by atoms with Crippen LogP contribution in [0.15, 0.2) is 48.9 Å². The van der Waals surface area contributed by atoms with Gasteiger partial charge in [0, 0.05) is 6.20 Å². The van der Waals surface area contributed by atoms with Gasteiger partial charge in [0.2, 0.25) is 5.91 Å². The fraction of sp³-hybridized carbons (Fsp3) is 0.235. The zero-order chi connectivity index (χ0) is 19.4. The highest BCUT2D eigenvalue weighted by Gasteiger charge is 2.19. The van der Waals surface area contributed by atoms with Crippen molar-refractivity contribution in [2.45, 2.75) is 20.0 Å². The number of halogens is 1. The Balaban J connectivity index is 1.62. The van der Waals surface area contributed by atoms with Gasteiger partial charge < -0.3 is 5.32 Å². The van der Waals surface area contributed by atoms with E-state index in [0.29, 0.717) is 11.6 Å². The molecule has 1 N–H and O–H groups in total.